The van der Waals surface area contributed by atoms with Crippen LogP contribution >= 0.6 is 15.9 Å². The van der Waals surface area contributed by atoms with Gasteiger partial charge in [-0.2, -0.15) is 0 Å². The Morgan fingerprint density at radius 3 is 2.54 bits per heavy atom. The van der Waals surface area contributed by atoms with E-state index in [1.165, 1.54) is 5.06 Å². The molecule has 0 spiro atoms. The van der Waals surface area contributed by atoms with Gasteiger partial charge in [-0.1, -0.05) is 36.7 Å². The van der Waals surface area contributed by atoms with Crippen molar-refractivity contribution < 1.29 is 9.63 Å². The maximum Gasteiger partial charge on any atom is 0.260 e. The van der Waals surface area contributed by atoms with Gasteiger partial charge in [-0.05, 0) is 11.8 Å². The summed E-state index contributed by atoms with van der Waals surface area (Å²) in [6.45, 7) is 7.47. The maximum absolute atomic E-state index is 11.7. The fourth-order valence-electron chi connectivity index (χ4n) is 1.12. The number of rotatable bonds is 1. The Balaban J connectivity index is 2.56. The van der Waals surface area contributed by atoms with Crippen LogP contribution in [-0.4, -0.2) is 28.9 Å². The minimum absolute atomic E-state index is 0.0324. The molecule has 0 aromatic heterocycles. The lowest BCUT2D eigenvalue weighted by molar-refractivity contribution is -0.169. The molecule has 0 saturated carbocycles. The lowest BCUT2D eigenvalue weighted by atomic mass is 9.91. The molecule has 3 nitrogen and oxygen atoms in total. The number of hydroxylamine groups is 2. The number of halogens is 1. The van der Waals surface area contributed by atoms with Crippen molar-refractivity contribution in [3.8, 4) is 0 Å². The van der Waals surface area contributed by atoms with E-state index in [4.69, 9.17) is 4.84 Å². The van der Waals surface area contributed by atoms with Gasteiger partial charge in [0.2, 0.25) is 0 Å². The van der Waals surface area contributed by atoms with Crippen LogP contribution in [0.4, 0.5) is 0 Å². The SMILES string of the molecule is CC(C)(C)C(Br)C(=O)N1CCCO1. The van der Waals surface area contributed by atoms with Crippen LogP contribution < -0.4 is 0 Å². The van der Waals surface area contributed by atoms with Crippen LogP contribution in [0.1, 0.15) is 27.2 Å². The van der Waals surface area contributed by atoms with Crippen LogP contribution in [-0.2, 0) is 9.63 Å². The molecule has 0 radical (unpaired) electrons. The number of carbonyl (C=O) groups is 1. The largest absolute Gasteiger partial charge is 0.271 e. The topological polar surface area (TPSA) is 29.5 Å². The van der Waals surface area contributed by atoms with Gasteiger partial charge in [0.05, 0.1) is 13.2 Å². The Labute approximate surface area is 87.5 Å². The predicted molar refractivity (Wildman–Crippen MR) is 54.5 cm³/mol. The normalized spacial score (nSPS) is 20.5. The summed E-state index contributed by atoms with van der Waals surface area (Å²) in [6, 6.07) is 0. The van der Waals surface area contributed by atoms with Crippen molar-refractivity contribution in [1.29, 1.82) is 0 Å². The van der Waals surface area contributed by atoms with Crippen LogP contribution in [0.25, 0.3) is 0 Å². The number of alkyl halides is 1. The molecule has 1 aliphatic rings. The minimum atomic E-state index is -0.168. The predicted octanol–water partition coefficient (Wildman–Crippen LogP) is 1.96. The van der Waals surface area contributed by atoms with E-state index in [9.17, 15) is 4.79 Å². The Morgan fingerprint density at radius 2 is 2.15 bits per heavy atom. The van der Waals surface area contributed by atoms with Gasteiger partial charge in [0.25, 0.3) is 5.91 Å². The highest BCUT2D eigenvalue weighted by atomic mass is 79.9. The third kappa shape index (κ3) is 2.68. The summed E-state index contributed by atoms with van der Waals surface area (Å²) in [5.41, 5.74) is -0.0664. The average molecular weight is 250 g/mol. The fourth-order valence-corrected chi connectivity index (χ4v) is 1.35. The summed E-state index contributed by atoms with van der Waals surface area (Å²) < 4.78 is 0. The van der Waals surface area contributed by atoms with Crippen molar-refractivity contribution in [3.63, 3.8) is 0 Å². The average Bonchev–Trinajstić information content (AvgIpc) is 2.51. The van der Waals surface area contributed by atoms with E-state index < -0.39 is 0 Å². The van der Waals surface area contributed by atoms with Crippen LogP contribution in [0.15, 0.2) is 0 Å². The van der Waals surface area contributed by atoms with Crippen LogP contribution in [0, 0.1) is 5.41 Å². The Kier molecular flexibility index (Phi) is 3.35. The molecule has 1 unspecified atom stereocenters. The number of hydrogen-bond donors (Lipinski definition) is 0. The van der Waals surface area contributed by atoms with E-state index in [-0.39, 0.29) is 16.1 Å². The fraction of sp³-hybridized carbons (Fsp3) is 0.889. The lowest BCUT2D eigenvalue weighted by Crippen LogP contribution is -2.39. The molecule has 4 heteroatoms. The zero-order chi connectivity index (χ0) is 10.1. The van der Waals surface area contributed by atoms with Crippen molar-refractivity contribution in [2.45, 2.75) is 32.0 Å². The molecule has 0 bridgehead atoms. The first kappa shape index (κ1) is 11.0. The van der Waals surface area contributed by atoms with Crippen LogP contribution in [0.5, 0.6) is 0 Å². The molecule has 1 saturated heterocycles. The molecule has 0 aromatic carbocycles. The van der Waals surface area contributed by atoms with Gasteiger partial charge in [0.15, 0.2) is 0 Å². The van der Waals surface area contributed by atoms with Crippen molar-refractivity contribution in [1.82, 2.24) is 5.06 Å². The van der Waals surface area contributed by atoms with Crippen LogP contribution in [0.2, 0.25) is 0 Å². The second-order valence-corrected chi connectivity index (χ2v) is 5.27. The summed E-state index contributed by atoms with van der Waals surface area (Å²) >= 11 is 3.40. The molecule has 0 aliphatic carbocycles. The lowest BCUT2D eigenvalue weighted by Gasteiger charge is -2.27. The van der Waals surface area contributed by atoms with Crippen molar-refractivity contribution in [2.24, 2.45) is 5.41 Å². The summed E-state index contributed by atoms with van der Waals surface area (Å²) in [5, 5.41) is 1.46. The van der Waals surface area contributed by atoms with Gasteiger partial charge < -0.3 is 0 Å². The zero-order valence-electron chi connectivity index (χ0n) is 8.34. The summed E-state index contributed by atoms with van der Waals surface area (Å²) in [6.07, 6.45) is 0.940. The van der Waals surface area contributed by atoms with Gasteiger partial charge in [-0.15, -0.1) is 0 Å². The molecule has 1 amide bonds. The second kappa shape index (κ2) is 3.96. The highest BCUT2D eigenvalue weighted by Gasteiger charge is 2.33. The summed E-state index contributed by atoms with van der Waals surface area (Å²) in [4.78, 5) is 16.8. The maximum atomic E-state index is 11.7. The standard InChI is InChI=1S/C9H16BrNO2/c1-9(2,3)7(10)8(12)11-5-4-6-13-11/h7H,4-6H2,1-3H3. The molecule has 13 heavy (non-hydrogen) atoms. The third-order valence-electron chi connectivity index (χ3n) is 1.98. The van der Waals surface area contributed by atoms with Gasteiger partial charge in [-0.3, -0.25) is 9.63 Å². The van der Waals surface area contributed by atoms with E-state index in [0.29, 0.717) is 6.61 Å². The quantitative estimate of drug-likeness (QED) is 0.666. The van der Waals surface area contributed by atoms with Gasteiger partial charge >= 0.3 is 0 Å². The van der Waals surface area contributed by atoms with Gasteiger partial charge in [0.1, 0.15) is 4.83 Å². The Morgan fingerprint density at radius 1 is 1.54 bits per heavy atom. The van der Waals surface area contributed by atoms with Gasteiger partial charge in [-0.25, -0.2) is 5.06 Å². The molecule has 1 heterocycles. The number of nitrogens with zero attached hydrogens (tertiary/aromatic N) is 1. The molecule has 1 atom stereocenters. The van der Waals surface area contributed by atoms with E-state index in [2.05, 4.69) is 15.9 Å². The van der Waals surface area contributed by atoms with E-state index in [1.54, 1.807) is 0 Å². The Bertz CT molecular complexity index is 194. The second-order valence-electron chi connectivity index (χ2n) is 4.36. The first-order valence-corrected chi connectivity index (χ1v) is 5.43. The summed E-state index contributed by atoms with van der Waals surface area (Å²) in [5.74, 6) is 0.0324. The van der Waals surface area contributed by atoms with Crippen molar-refractivity contribution in [3.05, 3.63) is 0 Å². The monoisotopic (exact) mass is 249 g/mol. The first-order chi connectivity index (χ1) is 5.93. The highest BCUT2D eigenvalue weighted by Crippen LogP contribution is 2.28. The molecule has 0 aromatic rings. The number of carbonyl (C=O) groups excluding carboxylic acids is 1. The van der Waals surface area contributed by atoms with E-state index in [1.807, 2.05) is 20.8 Å². The molecular weight excluding hydrogens is 234 g/mol. The highest BCUT2D eigenvalue weighted by molar-refractivity contribution is 9.10. The van der Waals surface area contributed by atoms with Crippen molar-refractivity contribution in [2.75, 3.05) is 13.2 Å². The molecule has 1 rings (SSSR count). The van der Waals surface area contributed by atoms with Gasteiger partial charge in [0, 0.05) is 0 Å². The molecule has 0 N–H and O–H groups in total. The number of hydrogen-bond acceptors (Lipinski definition) is 2. The van der Waals surface area contributed by atoms with Crippen molar-refractivity contribution >= 4 is 21.8 Å². The third-order valence-corrected chi connectivity index (χ3v) is 3.74. The first-order valence-electron chi connectivity index (χ1n) is 4.51. The van der Waals surface area contributed by atoms with E-state index >= 15 is 0 Å². The zero-order valence-corrected chi connectivity index (χ0v) is 9.93. The van der Waals surface area contributed by atoms with Crippen LogP contribution in [0.3, 0.4) is 0 Å². The summed E-state index contributed by atoms with van der Waals surface area (Å²) in [7, 11) is 0. The van der Waals surface area contributed by atoms with E-state index in [0.717, 1.165) is 13.0 Å². The molecule has 76 valence electrons. The smallest absolute Gasteiger partial charge is 0.260 e. The molecule has 1 aliphatic heterocycles. The number of amides is 1. The minimum Gasteiger partial charge on any atom is -0.271 e. The Hall–Kier alpha value is -0.0900. The molecule has 1 fully saturated rings. The molecular formula is C9H16BrNO2.